The second kappa shape index (κ2) is 10.9. The minimum Gasteiger partial charge on any atom is -0.491 e. The number of thioether (sulfide) groups is 1. The lowest BCUT2D eigenvalue weighted by molar-refractivity contribution is -0.113. The third kappa shape index (κ3) is 5.70. The third-order valence-electron chi connectivity index (χ3n) is 5.87. The van der Waals surface area contributed by atoms with Crippen LogP contribution in [0.1, 0.15) is 37.9 Å². The molecular formula is C29H29N5O2S. The zero-order chi connectivity index (χ0) is 25.8. The van der Waals surface area contributed by atoms with Gasteiger partial charge in [-0.3, -0.25) is 4.79 Å². The molecule has 4 aromatic rings. The van der Waals surface area contributed by atoms with Crippen molar-refractivity contribution in [2.24, 2.45) is 0 Å². The number of carbonyl (C=O) groups is 1. The summed E-state index contributed by atoms with van der Waals surface area (Å²) in [5.41, 5.74) is 4.12. The molecule has 2 N–H and O–H groups in total. The number of fused-ring (bicyclic) bond motifs is 1. The summed E-state index contributed by atoms with van der Waals surface area (Å²) in [4.78, 5) is 18.4. The van der Waals surface area contributed by atoms with E-state index in [0.717, 1.165) is 28.5 Å². The largest absolute Gasteiger partial charge is 0.491 e. The molecule has 5 rings (SSSR count). The first-order chi connectivity index (χ1) is 18.0. The van der Waals surface area contributed by atoms with Crippen LogP contribution in [-0.2, 0) is 10.5 Å². The van der Waals surface area contributed by atoms with Crippen LogP contribution in [0.5, 0.6) is 5.75 Å². The Bertz CT molecular complexity index is 1420. The Morgan fingerprint density at radius 2 is 1.78 bits per heavy atom. The molecule has 37 heavy (non-hydrogen) atoms. The number of hydrogen-bond donors (Lipinski definition) is 2. The van der Waals surface area contributed by atoms with E-state index in [2.05, 4.69) is 22.8 Å². The lowest BCUT2D eigenvalue weighted by Gasteiger charge is -2.29. The monoisotopic (exact) mass is 511 g/mol. The number of para-hydroxylation sites is 1. The molecule has 0 saturated heterocycles. The predicted octanol–water partition coefficient (Wildman–Crippen LogP) is 6.29. The fourth-order valence-electron chi connectivity index (χ4n) is 4.27. The molecule has 0 bridgehead atoms. The highest BCUT2D eigenvalue weighted by Gasteiger charge is 2.34. The number of aromatic nitrogens is 3. The van der Waals surface area contributed by atoms with Crippen LogP contribution in [0, 0.1) is 0 Å². The minimum atomic E-state index is -0.478. The Labute approximate surface area is 221 Å². The van der Waals surface area contributed by atoms with E-state index in [9.17, 15) is 4.79 Å². The Morgan fingerprint density at radius 1 is 1.05 bits per heavy atom. The van der Waals surface area contributed by atoms with E-state index in [4.69, 9.17) is 14.8 Å². The van der Waals surface area contributed by atoms with Gasteiger partial charge in [0.05, 0.1) is 11.7 Å². The lowest BCUT2D eigenvalue weighted by atomic mass is 9.95. The molecule has 0 spiro atoms. The molecule has 2 heterocycles. The van der Waals surface area contributed by atoms with Crippen molar-refractivity contribution in [3.8, 4) is 5.75 Å². The van der Waals surface area contributed by atoms with Crippen molar-refractivity contribution in [1.29, 1.82) is 0 Å². The van der Waals surface area contributed by atoms with Gasteiger partial charge in [-0.15, -0.1) is 5.10 Å². The molecule has 1 unspecified atom stereocenters. The number of benzene rings is 3. The van der Waals surface area contributed by atoms with Crippen molar-refractivity contribution in [3.05, 3.63) is 107 Å². The van der Waals surface area contributed by atoms with E-state index >= 15 is 0 Å². The van der Waals surface area contributed by atoms with Gasteiger partial charge in [0, 0.05) is 17.1 Å². The SMILES string of the molecule is CC1=C(C(=O)Nc2ccccc2)C(c2cccc(OC(C)C)c2)n2nc(SCc3ccccc3)nc2N1. The van der Waals surface area contributed by atoms with Crippen LogP contribution >= 0.6 is 11.8 Å². The highest BCUT2D eigenvalue weighted by Crippen LogP contribution is 2.38. The van der Waals surface area contributed by atoms with Gasteiger partial charge in [0.2, 0.25) is 11.1 Å². The lowest BCUT2D eigenvalue weighted by Crippen LogP contribution is -2.31. The van der Waals surface area contributed by atoms with Crippen molar-refractivity contribution in [1.82, 2.24) is 14.8 Å². The van der Waals surface area contributed by atoms with Gasteiger partial charge in [0.25, 0.3) is 5.91 Å². The van der Waals surface area contributed by atoms with E-state index in [1.54, 1.807) is 16.4 Å². The quantitative estimate of drug-likeness (QED) is 0.271. The van der Waals surface area contributed by atoms with Gasteiger partial charge in [-0.25, -0.2) is 4.68 Å². The summed E-state index contributed by atoms with van der Waals surface area (Å²) in [5, 5.41) is 11.8. The van der Waals surface area contributed by atoms with E-state index in [0.29, 0.717) is 16.7 Å². The van der Waals surface area contributed by atoms with Gasteiger partial charge in [0.15, 0.2) is 0 Å². The molecule has 1 aliphatic heterocycles. The summed E-state index contributed by atoms with van der Waals surface area (Å²) in [6.07, 6.45) is 0.0318. The van der Waals surface area contributed by atoms with Crippen molar-refractivity contribution in [2.45, 2.75) is 43.8 Å². The number of nitrogens with zero attached hydrogens (tertiary/aromatic N) is 3. The molecule has 0 saturated carbocycles. The highest BCUT2D eigenvalue weighted by molar-refractivity contribution is 7.98. The van der Waals surface area contributed by atoms with Gasteiger partial charge in [-0.2, -0.15) is 4.98 Å². The molecule has 0 fully saturated rings. The molecule has 1 aliphatic rings. The normalized spacial score (nSPS) is 14.8. The highest BCUT2D eigenvalue weighted by atomic mass is 32.2. The molecule has 0 radical (unpaired) electrons. The van der Waals surface area contributed by atoms with Crippen molar-refractivity contribution in [3.63, 3.8) is 0 Å². The van der Waals surface area contributed by atoms with Crippen LogP contribution < -0.4 is 15.4 Å². The maximum atomic E-state index is 13.6. The third-order valence-corrected chi connectivity index (χ3v) is 6.77. The first kappa shape index (κ1) is 24.6. The van der Waals surface area contributed by atoms with Crippen LogP contribution in [0.25, 0.3) is 0 Å². The summed E-state index contributed by atoms with van der Waals surface area (Å²) in [7, 11) is 0. The van der Waals surface area contributed by atoms with Crippen LogP contribution in [0.4, 0.5) is 11.6 Å². The number of nitrogens with one attached hydrogen (secondary N) is 2. The summed E-state index contributed by atoms with van der Waals surface area (Å²) < 4.78 is 7.76. The summed E-state index contributed by atoms with van der Waals surface area (Å²) in [5.74, 6) is 1.90. The smallest absolute Gasteiger partial charge is 0.255 e. The predicted molar refractivity (Wildman–Crippen MR) is 148 cm³/mol. The average Bonchev–Trinajstić information content (AvgIpc) is 3.30. The molecule has 1 aromatic heterocycles. The Kier molecular flexibility index (Phi) is 7.28. The molecule has 1 amide bonds. The second-order valence-corrected chi connectivity index (χ2v) is 10.0. The molecule has 3 aromatic carbocycles. The number of rotatable bonds is 8. The van der Waals surface area contributed by atoms with E-state index in [-0.39, 0.29) is 12.0 Å². The van der Waals surface area contributed by atoms with Crippen LogP contribution in [0.15, 0.2) is 101 Å². The van der Waals surface area contributed by atoms with Gasteiger partial charge >= 0.3 is 0 Å². The maximum absolute atomic E-state index is 13.6. The van der Waals surface area contributed by atoms with E-state index < -0.39 is 6.04 Å². The fraction of sp³-hybridized carbons (Fsp3) is 0.207. The molecule has 0 aliphatic carbocycles. The Hall–Kier alpha value is -4.04. The van der Waals surface area contributed by atoms with Crippen LogP contribution in [0.2, 0.25) is 0 Å². The van der Waals surface area contributed by atoms with Crippen molar-refractivity contribution >= 4 is 29.3 Å². The fourth-order valence-corrected chi connectivity index (χ4v) is 5.05. The zero-order valence-electron chi connectivity index (χ0n) is 21.0. The number of anilines is 2. The van der Waals surface area contributed by atoms with Gasteiger partial charge < -0.3 is 15.4 Å². The second-order valence-electron chi connectivity index (χ2n) is 9.06. The van der Waals surface area contributed by atoms with Gasteiger partial charge in [0.1, 0.15) is 11.8 Å². The summed E-state index contributed by atoms with van der Waals surface area (Å²) in [6.45, 7) is 5.88. The molecule has 8 heteroatoms. The van der Waals surface area contributed by atoms with Crippen molar-refractivity contribution in [2.75, 3.05) is 10.6 Å². The Morgan fingerprint density at radius 3 is 2.51 bits per heavy atom. The number of ether oxygens (including phenoxy) is 1. The van der Waals surface area contributed by atoms with Crippen molar-refractivity contribution < 1.29 is 9.53 Å². The van der Waals surface area contributed by atoms with Gasteiger partial charge in [-0.05, 0) is 56.2 Å². The molecule has 188 valence electrons. The molecular weight excluding hydrogens is 482 g/mol. The number of amides is 1. The Balaban J connectivity index is 1.51. The minimum absolute atomic E-state index is 0.0318. The summed E-state index contributed by atoms with van der Waals surface area (Å²) in [6, 6.07) is 27.0. The number of carbonyl (C=O) groups excluding carboxylic acids is 1. The van der Waals surface area contributed by atoms with E-state index in [1.807, 2.05) is 93.6 Å². The maximum Gasteiger partial charge on any atom is 0.255 e. The average molecular weight is 512 g/mol. The van der Waals surface area contributed by atoms with E-state index in [1.165, 1.54) is 5.56 Å². The van der Waals surface area contributed by atoms with Crippen LogP contribution in [-0.4, -0.2) is 26.8 Å². The molecule has 7 nitrogen and oxygen atoms in total. The zero-order valence-corrected chi connectivity index (χ0v) is 21.8. The summed E-state index contributed by atoms with van der Waals surface area (Å²) >= 11 is 1.56. The topological polar surface area (TPSA) is 81.1 Å². The number of allylic oxidation sites excluding steroid dienone is 1. The molecule has 1 atom stereocenters. The van der Waals surface area contributed by atoms with Crippen LogP contribution in [0.3, 0.4) is 0 Å². The number of hydrogen-bond acceptors (Lipinski definition) is 6. The standard InChI is InChI=1S/C29H29N5O2S/c1-19(2)36-24-16-10-13-22(17-24)26-25(27(35)31-23-14-8-5-9-15-23)20(3)30-28-32-29(33-34(26)28)37-18-21-11-6-4-7-12-21/h4-17,19,26H,18H2,1-3H3,(H,31,35)(H,30,32,33). The first-order valence-corrected chi connectivity index (χ1v) is 13.2. The first-order valence-electron chi connectivity index (χ1n) is 12.2. The van der Waals surface area contributed by atoms with Gasteiger partial charge in [-0.1, -0.05) is 72.4 Å².